The van der Waals surface area contributed by atoms with Gasteiger partial charge in [-0.1, -0.05) is 25.1 Å². The molecule has 0 radical (unpaired) electrons. The van der Waals surface area contributed by atoms with Crippen molar-refractivity contribution >= 4 is 11.8 Å². The number of nitrogens with one attached hydrogen (secondary N) is 1. The highest BCUT2D eigenvalue weighted by molar-refractivity contribution is 7.99. The molecule has 0 heterocycles. The zero-order valence-corrected chi connectivity index (χ0v) is 11.1. The van der Waals surface area contributed by atoms with Gasteiger partial charge in [0.05, 0.1) is 6.61 Å². The molecule has 90 valence electrons. The van der Waals surface area contributed by atoms with Gasteiger partial charge in [-0.3, -0.25) is 0 Å². The molecule has 0 saturated carbocycles. The predicted molar refractivity (Wildman–Crippen MR) is 70.9 cm³/mol. The maximum Gasteiger partial charge on any atom is 0.0582 e. The number of benzene rings is 1. The van der Waals surface area contributed by atoms with Gasteiger partial charge in [-0.2, -0.15) is 0 Å². The summed E-state index contributed by atoms with van der Waals surface area (Å²) < 4.78 is 0. The normalized spacial score (nSPS) is 14.8. The molecule has 0 saturated heterocycles. The van der Waals surface area contributed by atoms with Crippen molar-refractivity contribution in [2.24, 2.45) is 0 Å². The summed E-state index contributed by atoms with van der Waals surface area (Å²) in [5.41, 5.74) is 1.31. The maximum absolute atomic E-state index is 9.04. The molecule has 2 nitrogen and oxygen atoms in total. The SMILES string of the molecule is CCSc1ccccc1C(C)NC(C)CO. The summed E-state index contributed by atoms with van der Waals surface area (Å²) >= 11 is 1.86. The van der Waals surface area contributed by atoms with Crippen molar-refractivity contribution in [3.05, 3.63) is 29.8 Å². The van der Waals surface area contributed by atoms with E-state index in [1.165, 1.54) is 10.5 Å². The minimum absolute atomic E-state index is 0.134. The molecule has 0 amide bonds. The third kappa shape index (κ3) is 3.81. The number of aliphatic hydroxyl groups is 1. The van der Waals surface area contributed by atoms with E-state index in [0.717, 1.165) is 5.75 Å². The van der Waals surface area contributed by atoms with Crippen molar-refractivity contribution in [1.29, 1.82) is 0 Å². The summed E-state index contributed by atoms with van der Waals surface area (Å²) in [4.78, 5) is 1.33. The van der Waals surface area contributed by atoms with E-state index in [0.29, 0.717) is 0 Å². The smallest absolute Gasteiger partial charge is 0.0582 e. The summed E-state index contributed by atoms with van der Waals surface area (Å²) in [5, 5.41) is 12.4. The van der Waals surface area contributed by atoms with Crippen LogP contribution in [0.3, 0.4) is 0 Å². The fraction of sp³-hybridized carbons (Fsp3) is 0.538. The second kappa shape index (κ2) is 6.94. The standard InChI is InChI=1S/C13H21NOS/c1-4-16-13-8-6-5-7-12(13)11(3)14-10(2)9-15/h5-8,10-11,14-15H,4,9H2,1-3H3. The fourth-order valence-corrected chi connectivity index (χ4v) is 2.59. The van der Waals surface area contributed by atoms with Gasteiger partial charge >= 0.3 is 0 Å². The van der Waals surface area contributed by atoms with Gasteiger partial charge in [0.15, 0.2) is 0 Å². The zero-order valence-electron chi connectivity index (χ0n) is 10.2. The van der Waals surface area contributed by atoms with Crippen molar-refractivity contribution in [2.75, 3.05) is 12.4 Å². The lowest BCUT2D eigenvalue weighted by Crippen LogP contribution is -2.31. The second-order valence-corrected chi connectivity index (χ2v) is 5.25. The Bertz CT molecular complexity index is 317. The monoisotopic (exact) mass is 239 g/mol. The van der Waals surface area contributed by atoms with Gasteiger partial charge in [-0.25, -0.2) is 0 Å². The van der Waals surface area contributed by atoms with E-state index in [4.69, 9.17) is 5.11 Å². The van der Waals surface area contributed by atoms with Crippen LogP contribution in [0, 0.1) is 0 Å². The van der Waals surface area contributed by atoms with Crippen molar-refractivity contribution in [3.8, 4) is 0 Å². The molecule has 0 aliphatic heterocycles. The van der Waals surface area contributed by atoms with Crippen LogP contribution in [0.1, 0.15) is 32.4 Å². The minimum atomic E-state index is 0.134. The Morgan fingerprint density at radius 2 is 2.00 bits per heavy atom. The van der Waals surface area contributed by atoms with Gasteiger partial charge in [-0.05, 0) is 31.2 Å². The molecule has 1 aromatic rings. The molecule has 1 aromatic carbocycles. The molecule has 0 aliphatic carbocycles. The topological polar surface area (TPSA) is 32.3 Å². The molecule has 2 unspecified atom stereocenters. The summed E-state index contributed by atoms with van der Waals surface area (Å²) in [6.45, 7) is 6.47. The number of rotatable bonds is 6. The third-order valence-electron chi connectivity index (χ3n) is 2.49. The molecule has 2 atom stereocenters. The predicted octanol–water partition coefficient (Wildman–Crippen LogP) is 2.83. The highest BCUT2D eigenvalue weighted by atomic mass is 32.2. The lowest BCUT2D eigenvalue weighted by Gasteiger charge is -2.20. The number of thioether (sulfide) groups is 1. The molecule has 0 fully saturated rings. The first-order valence-electron chi connectivity index (χ1n) is 5.77. The average Bonchev–Trinajstić information content (AvgIpc) is 2.30. The molecular weight excluding hydrogens is 218 g/mol. The van der Waals surface area contributed by atoms with Crippen LogP contribution in [-0.2, 0) is 0 Å². The van der Waals surface area contributed by atoms with Crippen LogP contribution >= 0.6 is 11.8 Å². The van der Waals surface area contributed by atoms with Crippen molar-refractivity contribution in [2.45, 2.75) is 37.8 Å². The van der Waals surface area contributed by atoms with Gasteiger partial charge in [-0.15, -0.1) is 11.8 Å². The van der Waals surface area contributed by atoms with E-state index < -0.39 is 0 Å². The molecule has 16 heavy (non-hydrogen) atoms. The Morgan fingerprint density at radius 3 is 2.62 bits per heavy atom. The summed E-state index contributed by atoms with van der Waals surface area (Å²) in [6, 6.07) is 8.86. The average molecular weight is 239 g/mol. The molecule has 2 N–H and O–H groups in total. The third-order valence-corrected chi connectivity index (χ3v) is 3.47. The van der Waals surface area contributed by atoms with Gasteiger partial charge in [0.25, 0.3) is 0 Å². The van der Waals surface area contributed by atoms with Crippen LogP contribution in [0.25, 0.3) is 0 Å². The summed E-state index contributed by atoms with van der Waals surface area (Å²) in [5.74, 6) is 1.08. The van der Waals surface area contributed by atoms with Crippen LogP contribution in [-0.4, -0.2) is 23.5 Å². The van der Waals surface area contributed by atoms with E-state index in [1.807, 2.05) is 18.7 Å². The van der Waals surface area contributed by atoms with Gasteiger partial charge in [0, 0.05) is 17.0 Å². The zero-order chi connectivity index (χ0) is 12.0. The molecule has 0 aromatic heterocycles. The van der Waals surface area contributed by atoms with E-state index in [9.17, 15) is 0 Å². The van der Waals surface area contributed by atoms with Crippen molar-refractivity contribution in [1.82, 2.24) is 5.32 Å². The first kappa shape index (κ1) is 13.6. The van der Waals surface area contributed by atoms with Gasteiger partial charge < -0.3 is 10.4 Å². The van der Waals surface area contributed by atoms with Crippen LogP contribution in [0.4, 0.5) is 0 Å². The minimum Gasteiger partial charge on any atom is -0.395 e. The van der Waals surface area contributed by atoms with E-state index in [1.54, 1.807) is 0 Å². The summed E-state index contributed by atoms with van der Waals surface area (Å²) in [6.07, 6.45) is 0. The van der Waals surface area contributed by atoms with Crippen LogP contribution in [0.5, 0.6) is 0 Å². The van der Waals surface area contributed by atoms with E-state index in [-0.39, 0.29) is 18.7 Å². The Kier molecular flexibility index (Phi) is 5.88. The van der Waals surface area contributed by atoms with E-state index >= 15 is 0 Å². The molecule has 3 heteroatoms. The first-order chi connectivity index (χ1) is 7.69. The first-order valence-corrected chi connectivity index (χ1v) is 6.76. The number of aliphatic hydroxyl groups excluding tert-OH is 1. The maximum atomic E-state index is 9.04. The van der Waals surface area contributed by atoms with Crippen LogP contribution < -0.4 is 5.32 Å². The Morgan fingerprint density at radius 1 is 1.31 bits per heavy atom. The second-order valence-electron chi connectivity index (χ2n) is 3.94. The highest BCUT2D eigenvalue weighted by Gasteiger charge is 2.11. The Labute approximate surface area is 102 Å². The van der Waals surface area contributed by atoms with Crippen LogP contribution in [0.2, 0.25) is 0 Å². The summed E-state index contributed by atoms with van der Waals surface area (Å²) in [7, 11) is 0. The largest absolute Gasteiger partial charge is 0.395 e. The quantitative estimate of drug-likeness (QED) is 0.749. The Hall–Kier alpha value is -0.510. The lowest BCUT2D eigenvalue weighted by molar-refractivity contribution is 0.243. The molecule has 0 bridgehead atoms. The molecule has 0 spiro atoms. The van der Waals surface area contributed by atoms with Crippen LogP contribution in [0.15, 0.2) is 29.2 Å². The van der Waals surface area contributed by atoms with E-state index in [2.05, 4.69) is 43.4 Å². The fourth-order valence-electron chi connectivity index (χ4n) is 1.69. The number of hydrogen-bond donors (Lipinski definition) is 2. The highest BCUT2D eigenvalue weighted by Crippen LogP contribution is 2.27. The number of hydrogen-bond acceptors (Lipinski definition) is 3. The molecular formula is C13H21NOS. The lowest BCUT2D eigenvalue weighted by atomic mass is 10.1. The molecule has 1 rings (SSSR count). The molecule has 0 aliphatic rings. The van der Waals surface area contributed by atoms with Crippen molar-refractivity contribution in [3.63, 3.8) is 0 Å². The van der Waals surface area contributed by atoms with Crippen molar-refractivity contribution < 1.29 is 5.11 Å². The van der Waals surface area contributed by atoms with Gasteiger partial charge in [0.2, 0.25) is 0 Å². The van der Waals surface area contributed by atoms with Gasteiger partial charge in [0.1, 0.15) is 0 Å². The Balaban J connectivity index is 2.77.